The monoisotopic (exact) mass is 353 g/mol. The minimum absolute atomic E-state index is 0.234. The van der Waals surface area contributed by atoms with Crippen molar-refractivity contribution >= 4 is 0 Å². The number of nitrogens with zero attached hydrogens (tertiary/aromatic N) is 3. The molecule has 2 heterocycles. The maximum atomic E-state index is 13.0. The minimum atomic E-state index is -4.36. The molecule has 1 saturated heterocycles. The summed E-state index contributed by atoms with van der Waals surface area (Å²) in [6.07, 6.45) is -1.74. The highest BCUT2D eigenvalue weighted by Crippen LogP contribution is 2.37. The maximum Gasteiger partial charge on any atom is 0.416 e. The van der Waals surface area contributed by atoms with E-state index >= 15 is 0 Å². The first-order valence-electron chi connectivity index (χ1n) is 8.38. The summed E-state index contributed by atoms with van der Waals surface area (Å²) in [7, 11) is 1.85. The predicted molar refractivity (Wildman–Crippen MR) is 87.8 cm³/mol. The number of β-amino-alcohol motifs (C(OH)–C–C–N with tert-alkyl or cyclic N) is 1. The van der Waals surface area contributed by atoms with E-state index in [1.54, 1.807) is 10.7 Å². The molecule has 1 aromatic carbocycles. The summed E-state index contributed by atoms with van der Waals surface area (Å²) >= 11 is 0. The lowest BCUT2D eigenvalue weighted by atomic mass is 10.0. The van der Waals surface area contributed by atoms with Crippen LogP contribution >= 0.6 is 0 Å². The number of halogens is 3. The topological polar surface area (TPSA) is 41.3 Å². The average molecular weight is 353 g/mol. The van der Waals surface area contributed by atoms with Crippen molar-refractivity contribution in [1.29, 1.82) is 0 Å². The summed E-state index contributed by atoms with van der Waals surface area (Å²) < 4.78 is 40.8. The van der Waals surface area contributed by atoms with Crippen LogP contribution in [0.15, 0.2) is 30.5 Å². The molecule has 2 aromatic rings. The first-order chi connectivity index (χ1) is 11.8. The Hall–Kier alpha value is -1.86. The molecule has 1 aromatic heterocycles. The van der Waals surface area contributed by atoms with Gasteiger partial charge < -0.3 is 5.11 Å². The Balaban J connectivity index is 1.87. The largest absolute Gasteiger partial charge is 0.416 e. The number of hydrogen-bond donors (Lipinski definition) is 1. The summed E-state index contributed by atoms with van der Waals surface area (Å²) in [5.41, 5.74) is 1.97. The second-order valence-corrected chi connectivity index (χ2v) is 6.59. The molecule has 0 saturated carbocycles. The zero-order valence-corrected chi connectivity index (χ0v) is 14.3. The van der Waals surface area contributed by atoms with E-state index in [4.69, 9.17) is 0 Å². The number of alkyl halides is 3. The van der Waals surface area contributed by atoms with Gasteiger partial charge >= 0.3 is 6.18 Å². The Morgan fingerprint density at radius 1 is 1.32 bits per heavy atom. The fourth-order valence-corrected chi connectivity index (χ4v) is 3.56. The van der Waals surface area contributed by atoms with Gasteiger partial charge in [-0.25, -0.2) is 0 Å². The van der Waals surface area contributed by atoms with Crippen LogP contribution in [0.2, 0.25) is 0 Å². The number of aromatic nitrogens is 2. The number of aliphatic hydroxyl groups is 1. The number of likely N-dealkylation sites (tertiary alicyclic amines) is 1. The molecule has 25 heavy (non-hydrogen) atoms. The van der Waals surface area contributed by atoms with Gasteiger partial charge in [0.2, 0.25) is 0 Å². The van der Waals surface area contributed by atoms with Crippen LogP contribution in [0.4, 0.5) is 13.2 Å². The highest BCUT2D eigenvalue weighted by Gasteiger charge is 2.35. The second kappa shape index (κ2) is 6.80. The lowest BCUT2D eigenvalue weighted by Crippen LogP contribution is -2.25. The molecule has 0 amide bonds. The SMILES string of the molecule is CCc1nn(C)cc1CN1C[C@@H](O)C[C@@H]1c1cccc(C(F)(F)F)c1. The zero-order valence-electron chi connectivity index (χ0n) is 14.3. The van der Waals surface area contributed by atoms with Crippen molar-refractivity contribution in [2.45, 2.75) is 44.6 Å². The van der Waals surface area contributed by atoms with Gasteiger partial charge in [-0.15, -0.1) is 0 Å². The van der Waals surface area contributed by atoms with Crippen LogP contribution in [0.5, 0.6) is 0 Å². The van der Waals surface area contributed by atoms with Gasteiger partial charge in [0.15, 0.2) is 0 Å². The molecular formula is C18H22F3N3O. The van der Waals surface area contributed by atoms with E-state index in [2.05, 4.69) is 5.10 Å². The van der Waals surface area contributed by atoms with Crippen LogP contribution in [0, 0.1) is 0 Å². The lowest BCUT2D eigenvalue weighted by molar-refractivity contribution is -0.137. The number of benzene rings is 1. The van der Waals surface area contributed by atoms with Crippen LogP contribution < -0.4 is 0 Å². The van der Waals surface area contributed by atoms with Gasteiger partial charge in [-0.05, 0) is 30.5 Å². The molecular weight excluding hydrogens is 331 g/mol. The Bertz CT molecular complexity index is 741. The molecule has 1 fully saturated rings. The molecule has 0 radical (unpaired) electrons. The third-order valence-corrected chi connectivity index (χ3v) is 4.68. The number of rotatable bonds is 4. The fourth-order valence-electron chi connectivity index (χ4n) is 3.56. The third kappa shape index (κ3) is 3.88. The van der Waals surface area contributed by atoms with Crippen molar-refractivity contribution in [2.24, 2.45) is 7.05 Å². The summed E-state index contributed by atoms with van der Waals surface area (Å²) in [5, 5.41) is 14.5. The number of hydrogen-bond acceptors (Lipinski definition) is 3. The van der Waals surface area contributed by atoms with Gasteiger partial charge in [-0.2, -0.15) is 18.3 Å². The normalized spacial score (nSPS) is 21.8. The molecule has 4 nitrogen and oxygen atoms in total. The highest BCUT2D eigenvalue weighted by atomic mass is 19.4. The molecule has 0 aliphatic carbocycles. The highest BCUT2D eigenvalue weighted by molar-refractivity contribution is 5.29. The zero-order chi connectivity index (χ0) is 18.2. The Morgan fingerprint density at radius 3 is 2.76 bits per heavy atom. The minimum Gasteiger partial charge on any atom is -0.392 e. The molecule has 136 valence electrons. The fraction of sp³-hybridized carbons (Fsp3) is 0.500. The van der Waals surface area contributed by atoms with Gasteiger partial charge in [0, 0.05) is 37.9 Å². The van der Waals surface area contributed by atoms with Crippen LogP contribution in [-0.4, -0.2) is 32.4 Å². The Morgan fingerprint density at radius 2 is 2.08 bits per heavy atom. The van der Waals surface area contributed by atoms with Gasteiger partial charge in [0.1, 0.15) is 0 Å². The van der Waals surface area contributed by atoms with Crippen LogP contribution in [0.3, 0.4) is 0 Å². The van der Waals surface area contributed by atoms with Crippen LogP contribution in [-0.2, 0) is 26.2 Å². The average Bonchev–Trinajstić information content (AvgIpc) is 3.09. The summed E-state index contributed by atoms with van der Waals surface area (Å²) in [6.45, 7) is 3.03. The van der Waals surface area contributed by atoms with E-state index in [0.717, 1.165) is 23.7 Å². The molecule has 0 bridgehead atoms. The summed E-state index contributed by atoms with van der Waals surface area (Å²) in [5.74, 6) is 0. The van der Waals surface area contributed by atoms with Crippen molar-refractivity contribution in [2.75, 3.05) is 6.54 Å². The van der Waals surface area contributed by atoms with Gasteiger partial charge in [-0.3, -0.25) is 9.58 Å². The first kappa shape index (κ1) is 17.9. The molecule has 2 atom stereocenters. The van der Waals surface area contributed by atoms with Crippen LogP contribution in [0.25, 0.3) is 0 Å². The number of aliphatic hydroxyl groups excluding tert-OH is 1. The smallest absolute Gasteiger partial charge is 0.392 e. The second-order valence-electron chi connectivity index (χ2n) is 6.59. The molecule has 1 aliphatic rings. The van der Waals surface area contributed by atoms with E-state index in [-0.39, 0.29) is 6.04 Å². The molecule has 7 heteroatoms. The van der Waals surface area contributed by atoms with Crippen molar-refractivity contribution in [3.8, 4) is 0 Å². The first-order valence-corrected chi connectivity index (χ1v) is 8.38. The molecule has 0 spiro atoms. The van der Waals surface area contributed by atoms with E-state index in [1.807, 2.05) is 25.1 Å². The van der Waals surface area contributed by atoms with E-state index < -0.39 is 17.8 Å². The van der Waals surface area contributed by atoms with Crippen molar-refractivity contribution in [1.82, 2.24) is 14.7 Å². The molecule has 0 unspecified atom stereocenters. The van der Waals surface area contributed by atoms with Gasteiger partial charge in [0.25, 0.3) is 0 Å². The molecule has 3 rings (SSSR count). The Kier molecular flexibility index (Phi) is 4.88. The van der Waals surface area contributed by atoms with Crippen molar-refractivity contribution in [3.05, 3.63) is 52.8 Å². The summed E-state index contributed by atoms with van der Waals surface area (Å²) in [4.78, 5) is 2.04. The third-order valence-electron chi connectivity index (χ3n) is 4.68. The Labute approximate surface area is 144 Å². The maximum absolute atomic E-state index is 13.0. The standard InChI is InChI=1S/C18H22F3N3O/c1-3-16-13(9-23(2)22-16)10-24-11-15(25)8-17(24)12-5-4-6-14(7-12)18(19,20)21/h4-7,9,15,17,25H,3,8,10-11H2,1-2H3/t15-,17+/m0/s1. The van der Waals surface area contributed by atoms with E-state index in [0.29, 0.717) is 25.1 Å². The molecule has 1 N–H and O–H groups in total. The molecule has 1 aliphatic heterocycles. The lowest BCUT2D eigenvalue weighted by Gasteiger charge is -2.25. The van der Waals surface area contributed by atoms with Crippen molar-refractivity contribution in [3.63, 3.8) is 0 Å². The quantitative estimate of drug-likeness (QED) is 0.917. The van der Waals surface area contributed by atoms with Gasteiger partial charge in [-0.1, -0.05) is 19.1 Å². The van der Waals surface area contributed by atoms with Crippen molar-refractivity contribution < 1.29 is 18.3 Å². The number of aryl methyl sites for hydroxylation is 2. The van der Waals surface area contributed by atoms with E-state index in [9.17, 15) is 18.3 Å². The van der Waals surface area contributed by atoms with Crippen LogP contribution in [0.1, 0.15) is 41.8 Å². The summed E-state index contributed by atoms with van der Waals surface area (Å²) in [6, 6.07) is 5.18. The van der Waals surface area contributed by atoms with E-state index in [1.165, 1.54) is 12.1 Å². The van der Waals surface area contributed by atoms with Gasteiger partial charge in [0.05, 0.1) is 17.4 Å². The predicted octanol–water partition coefficient (Wildman–Crippen LogP) is 3.31.